The van der Waals surface area contributed by atoms with Gasteiger partial charge in [0.15, 0.2) is 0 Å². The number of esters is 1. The molecule has 2 rings (SSSR count). The molecule has 2 aromatic rings. The molecule has 0 amide bonds. The monoisotopic (exact) mass is 315 g/mol. The van der Waals surface area contributed by atoms with Crippen molar-refractivity contribution in [2.45, 2.75) is 13.5 Å². The van der Waals surface area contributed by atoms with E-state index in [0.717, 1.165) is 0 Å². The Hall–Kier alpha value is -3.02. The van der Waals surface area contributed by atoms with Crippen LogP contribution in [-0.2, 0) is 11.3 Å². The average molecular weight is 315 g/mol. The highest BCUT2D eigenvalue weighted by Crippen LogP contribution is 2.24. The van der Waals surface area contributed by atoms with Crippen LogP contribution in [0.25, 0.3) is 0 Å². The zero-order valence-corrected chi connectivity index (χ0v) is 12.6. The third-order valence-electron chi connectivity index (χ3n) is 3.24. The molecule has 0 aromatic heterocycles. The molecule has 2 aromatic carbocycles. The van der Waals surface area contributed by atoms with Crippen molar-refractivity contribution in [3.63, 3.8) is 0 Å². The van der Waals surface area contributed by atoms with Gasteiger partial charge in [0.05, 0.1) is 12.2 Å². The number of aromatic carboxylic acids is 1. The Morgan fingerprint density at radius 2 is 1.78 bits per heavy atom. The van der Waals surface area contributed by atoms with Gasteiger partial charge in [-0.1, -0.05) is 24.3 Å². The summed E-state index contributed by atoms with van der Waals surface area (Å²) in [5.74, 6) is -1.93. The van der Waals surface area contributed by atoms with Crippen molar-refractivity contribution in [3.05, 3.63) is 59.2 Å². The lowest BCUT2D eigenvalue weighted by molar-refractivity contribution is 0.0527. The van der Waals surface area contributed by atoms with Gasteiger partial charge in [0.2, 0.25) is 0 Å². The third-order valence-corrected chi connectivity index (χ3v) is 3.24. The zero-order valence-electron chi connectivity index (χ0n) is 12.6. The minimum atomic E-state index is -1.20. The molecule has 0 radical (unpaired) electrons. The van der Waals surface area contributed by atoms with Crippen LogP contribution in [0, 0.1) is 0 Å². The number of rotatable bonds is 6. The number of nitrogens with one attached hydrogen (secondary N) is 1. The summed E-state index contributed by atoms with van der Waals surface area (Å²) in [7, 11) is 0. The first-order valence-corrected chi connectivity index (χ1v) is 7.08. The van der Waals surface area contributed by atoms with Crippen LogP contribution in [-0.4, -0.2) is 28.8 Å². The lowest BCUT2D eigenvalue weighted by atomic mass is 10.1. The molecule has 0 heterocycles. The third kappa shape index (κ3) is 3.79. The number of ether oxygens (including phenoxy) is 1. The predicted molar refractivity (Wildman–Crippen MR) is 84.8 cm³/mol. The average Bonchev–Trinajstić information content (AvgIpc) is 2.54. The largest absolute Gasteiger partial charge is 0.507 e. The Balaban J connectivity index is 2.21. The highest BCUT2D eigenvalue weighted by molar-refractivity contribution is 5.95. The quantitative estimate of drug-likeness (QED) is 0.709. The van der Waals surface area contributed by atoms with Crippen molar-refractivity contribution in [2.24, 2.45) is 0 Å². The number of phenols is 1. The molecule has 3 N–H and O–H groups in total. The Morgan fingerprint density at radius 1 is 1.09 bits per heavy atom. The molecule has 0 unspecified atom stereocenters. The predicted octanol–water partition coefficient (Wildman–Crippen LogP) is 2.88. The minimum Gasteiger partial charge on any atom is -0.507 e. The van der Waals surface area contributed by atoms with Crippen LogP contribution in [0.1, 0.15) is 33.2 Å². The van der Waals surface area contributed by atoms with Crippen molar-refractivity contribution >= 4 is 17.6 Å². The van der Waals surface area contributed by atoms with Crippen LogP contribution >= 0.6 is 0 Å². The molecule has 0 spiro atoms. The van der Waals surface area contributed by atoms with Gasteiger partial charge in [0.1, 0.15) is 11.3 Å². The lowest BCUT2D eigenvalue weighted by Gasteiger charge is -2.12. The number of anilines is 1. The van der Waals surface area contributed by atoms with Gasteiger partial charge in [-0.25, -0.2) is 9.59 Å². The molecule has 6 nitrogen and oxygen atoms in total. The van der Waals surface area contributed by atoms with Crippen molar-refractivity contribution in [3.8, 4) is 5.75 Å². The molecular weight excluding hydrogens is 298 g/mol. The van der Waals surface area contributed by atoms with Gasteiger partial charge in [-0.15, -0.1) is 0 Å². The molecule has 23 heavy (non-hydrogen) atoms. The normalized spacial score (nSPS) is 10.1. The number of carbonyl (C=O) groups is 2. The second kappa shape index (κ2) is 7.31. The molecule has 0 aliphatic heterocycles. The van der Waals surface area contributed by atoms with Gasteiger partial charge < -0.3 is 20.3 Å². The van der Waals surface area contributed by atoms with E-state index < -0.39 is 11.9 Å². The summed E-state index contributed by atoms with van der Waals surface area (Å²) in [4.78, 5) is 22.9. The second-order valence-electron chi connectivity index (χ2n) is 4.74. The maximum absolute atomic E-state index is 11.9. The fraction of sp³-hybridized carbons (Fsp3) is 0.176. The van der Waals surface area contributed by atoms with Crippen molar-refractivity contribution in [1.82, 2.24) is 0 Å². The van der Waals surface area contributed by atoms with E-state index in [1.54, 1.807) is 43.3 Å². The SMILES string of the molecule is CCOC(=O)c1ccccc1NCc1cccc(C(=O)O)c1O. The van der Waals surface area contributed by atoms with Gasteiger partial charge in [0, 0.05) is 17.8 Å². The molecule has 0 aliphatic carbocycles. The molecule has 0 saturated heterocycles. The molecule has 0 bridgehead atoms. The number of aromatic hydroxyl groups is 1. The summed E-state index contributed by atoms with van der Waals surface area (Å²) < 4.78 is 4.99. The van der Waals surface area contributed by atoms with E-state index >= 15 is 0 Å². The van der Waals surface area contributed by atoms with Crippen molar-refractivity contribution < 1.29 is 24.5 Å². The number of carboxylic acids is 1. The van der Waals surface area contributed by atoms with E-state index in [1.807, 2.05) is 0 Å². The van der Waals surface area contributed by atoms with Crippen LogP contribution in [0.5, 0.6) is 5.75 Å². The van der Waals surface area contributed by atoms with E-state index in [2.05, 4.69) is 5.32 Å². The number of carbonyl (C=O) groups excluding carboxylic acids is 1. The maximum atomic E-state index is 11.9. The van der Waals surface area contributed by atoms with Crippen LogP contribution in [0.4, 0.5) is 5.69 Å². The Kier molecular flexibility index (Phi) is 5.19. The van der Waals surface area contributed by atoms with Crippen LogP contribution < -0.4 is 5.32 Å². The van der Waals surface area contributed by atoms with E-state index in [0.29, 0.717) is 16.8 Å². The number of hydrogen-bond acceptors (Lipinski definition) is 5. The molecular formula is C17H17NO5. The smallest absolute Gasteiger partial charge is 0.340 e. The number of benzene rings is 2. The van der Waals surface area contributed by atoms with Crippen LogP contribution in [0.15, 0.2) is 42.5 Å². The minimum absolute atomic E-state index is 0.164. The Bertz CT molecular complexity index is 727. The molecule has 120 valence electrons. The molecule has 0 fully saturated rings. The molecule has 0 atom stereocenters. The summed E-state index contributed by atoms with van der Waals surface area (Å²) in [5, 5.41) is 22.0. The summed E-state index contributed by atoms with van der Waals surface area (Å²) in [6.07, 6.45) is 0. The summed E-state index contributed by atoms with van der Waals surface area (Å²) in [5.41, 5.74) is 1.18. The van der Waals surface area contributed by atoms with Crippen molar-refractivity contribution in [2.75, 3.05) is 11.9 Å². The second-order valence-corrected chi connectivity index (χ2v) is 4.74. The summed E-state index contributed by atoms with van der Waals surface area (Å²) >= 11 is 0. The number of carboxylic acid groups (broad SMARTS) is 1. The first kappa shape index (κ1) is 16.4. The first-order valence-electron chi connectivity index (χ1n) is 7.08. The Morgan fingerprint density at radius 3 is 2.48 bits per heavy atom. The van der Waals surface area contributed by atoms with Gasteiger partial charge >= 0.3 is 11.9 Å². The Labute approximate surface area is 133 Å². The van der Waals surface area contributed by atoms with Crippen LogP contribution in [0.3, 0.4) is 0 Å². The van der Waals surface area contributed by atoms with Crippen LogP contribution in [0.2, 0.25) is 0 Å². The van der Waals surface area contributed by atoms with E-state index in [4.69, 9.17) is 9.84 Å². The summed E-state index contributed by atoms with van der Waals surface area (Å²) in [6.45, 7) is 2.17. The fourth-order valence-electron chi connectivity index (χ4n) is 2.12. The molecule has 6 heteroatoms. The fourth-order valence-corrected chi connectivity index (χ4v) is 2.12. The van der Waals surface area contributed by atoms with E-state index in [-0.39, 0.29) is 24.5 Å². The van der Waals surface area contributed by atoms with Gasteiger partial charge in [0.25, 0.3) is 0 Å². The molecule has 0 aliphatic rings. The highest BCUT2D eigenvalue weighted by Gasteiger charge is 2.15. The van der Waals surface area contributed by atoms with Gasteiger partial charge in [-0.05, 0) is 25.1 Å². The van der Waals surface area contributed by atoms with E-state index in [9.17, 15) is 14.7 Å². The van der Waals surface area contributed by atoms with Crippen molar-refractivity contribution in [1.29, 1.82) is 0 Å². The first-order chi connectivity index (χ1) is 11.0. The highest BCUT2D eigenvalue weighted by atomic mass is 16.5. The number of para-hydroxylation sites is 2. The zero-order chi connectivity index (χ0) is 16.8. The molecule has 0 saturated carbocycles. The summed E-state index contributed by atoms with van der Waals surface area (Å²) in [6, 6.07) is 11.3. The maximum Gasteiger partial charge on any atom is 0.340 e. The lowest BCUT2D eigenvalue weighted by Crippen LogP contribution is -2.10. The van der Waals surface area contributed by atoms with Gasteiger partial charge in [-0.3, -0.25) is 0 Å². The topological polar surface area (TPSA) is 95.9 Å². The number of hydrogen-bond donors (Lipinski definition) is 3. The van der Waals surface area contributed by atoms with Gasteiger partial charge in [-0.2, -0.15) is 0 Å². The van der Waals surface area contributed by atoms with E-state index in [1.165, 1.54) is 6.07 Å². The standard InChI is InChI=1S/C17H17NO5/c1-2-23-17(22)12-7-3-4-9-14(12)18-10-11-6-5-8-13(15(11)19)16(20)21/h3-9,18-19H,2,10H2,1H3,(H,20,21).